The van der Waals surface area contributed by atoms with Gasteiger partial charge in [-0.2, -0.15) is 0 Å². The number of ether oxygens (including phenoxy) is 1. The third-order valence-electron chi connectivity index (χ3n) is 3.80. The Labute approximate surface area is 154 Å². The van der Waals surface area contributed by atoms with Crippen LogP contribution in [0.3, 0.4) is 0 Å². The molecular weight excluding hydrogens is 332 g/mol. The maximum Gasteiger partial charge on any atom is 0.193 e. The van der Waals surface area contributed by atoms with Crippen LogP contribution in [0.4, 0.5) is 0 Å². The SMILES string of the molecule is CCOc1ccc(CN(C)C(=NC)NCCc2ncc(CC)s2)cc1. The monoisotopic (exact) mass is 360 g/mol. The van der Waals surface area contributed by atoms with E-state index in [4.69, 9.17) is 4.74 Å². The zero-order valence-electron chi connectivity index (χ0n) is 15.6. The molecule has 0 aliphatic rings. The van der Waals surface area contributed by atoms with Crippen LogP contribution >= 0.6 is 11.3 Å². The zero-order valence-corrected chi connectivity index (χ0v) is 16.4. The Bertz CT molecular complexity index is 666. The summed E-state index contributed by atoms with van der Waals surface area (Å²) >= 11 is 1.79. The number of nitrogens with one attached hydrogen (secondary N) is 1. The maximum absolute atomic E-state index is 5.48. The van der Waals surface area contributed by atoms with E-state index < -0.39 is 0 Å². The molecule has 0 unspecified atom stereocenters. The van der Waals surface area contributed by atoms with E-state index >= 15 is 0 Å². The molecule has 1 aromatic heterocycles. The average Bonchev–Trinajstić information content (AvgIpc) is 3.08. The van der Waals surface area contributed by atoms with Crippen LogP contribution in [-0.4, -0.2) is 43.1 Å². The summed E-state index contributed by atoms with van der Waals surface area (Å²) in [4.78, 5) is 12.3. The van der Waals surface area contributed by atoms with Crippen LogP contribution in [0, 0.1) is 0 Å². The topological polar surface area (TPSA) is 49.8 Å². The number of aromatic nitrogens is 1. The van der Waals surface area contributed by atoms with E-state index in [1.165, 1.54) is 15.4 Å². The third-order valence-corrected chi connectivity index (χ3v) is 5.00. The quantitative estimate of drug-likeness (QED) is 0.579. The van der Waals surface area contributed by atoms with Crippen molar-refractivity contribution in [2.75, 3.05) is 27.2 Å². The van der Waals surface area contributed by atoms with Crippen LogP contribution in [-0.2, 0) is 19.4 Å². The second kappa shape index (κ2) is 10.0. The molecule has 25 heavy (non-hydrogen) atoms. The predicted molar refractivity (Wildman–Crippen MR) is 106 cm³/mol. The maximum atomic E-state index is 5.48. The number of benzene rings is 1. The van der Waals surface area contributed by atoms with Crippen LogP contribution in [0.25, 0.3) is 0 Å². The van der Waals surface area contributed by atoms with Crippen molar-refractivity contribution in [1.82, 2.24) is 15.2 Å². The van der Waals surface area contributed by atoms with Gasteiger partial charge in [0.25, 0.3) is 0 Å². The summed E-state index contributed by atoms with van der Waals surface area (Å²) in [5, 5.41) is 4.59. The molecule has 136 valence electrons. The molecule has 0 saturated carbocycles. The van der Waals surface area contributed by atoms with Crippen molar-refractivity contribution in [1.29, 1.82) is 0 Å². The van der Waals surface area contributed by atoms with Gasteiger partial charge < -0.3 is 15.0 Å². The lowest BCUT2D eigenvalue weighted by atomic mass is 10.2. The largest absolute Gasteiger partial charge is 0.494 e. The molecule has 6 heteroatoms. The van der Waals surface area contributed by atoms with Crippen LogP contribution in [0.5, 0.6) is 5.75 Å². The number of guanidine groups is 1. The van der Waals surface area contributed by atoms with Gasteiger partial charge >= 0.3 is 0 Å². The minimum atomic E-state index is 0.689. The molecule has 0 fully saturated rings. The van der Waals surface area contributed by atoms with Crippen molar-refractivity contribution in [3.63, 3.8) is 0 Å². The van der Waals surface area contributed by atoms with Gasteiger partial charge in [-0.05, 0) is 31.0 Å². The fourth-order valence-electron chi connectivity index (χ4n) is 2.50. The molecule has 0 saturated heterocycles. The third kappa shape index (κ3) is 6.05. The summed E-state index contributed by atoms with van der Waals surface area (Å²) in [5.41, 5.74) is 1.22. The van der Waals surface area contributed by atoms with E-state index in [2.05, 4.69) is 39.2 Å². The lowest BCUT2D eigenvalue weighted by Crippen LogP contribution is -2.39. The minimum Gasteiger partial charge on any atom is -0.494 e. The Hall–Kier alpha value is -2.08. The number of aliphatic imine (C=N–C) groups is 1. The second-order valence-corrected chi connectivity index (χ2v) is 6.93. The highest BCUT2D eigenvalue weighted by Crippen LogP contribution is 2.14. The van der Waals surface area contributed by atoms with Crippen molar-refractivity contribution in [2.24, 2.45) is 4.99 Å². The van der Waals surface area contributed by atoms with Gasteiger partial charge in [0.1, 0.15) is 5.75 Å². The van der Waals surface area contributed by atoms with Gasteiger partial charge in [-0.25, -0.2) is 4.98 Å². The molecule has 2 rings (SSSR count). The molecule has 0 amide bonds. The minimum absolute atomic E-state index is 0.689. The molecular formula is C19H28N4OS. The number of hydrogen-bond donors (Lipinski definition) is 1. The summed E-state index contributed by atoms with van der Waals surface area (Å²) in [6, 6.07) is 8.21. The van der Waals surface area contributed by atoms with E-state index in [9.17, 15) is 0 Å². The molecule has 1 heterocycles. The Morgan fingerprint density at radius 1 is 1.28 bits per heavy atom. The van der Waals surface area contributed by atoms with Crippen molar-refractivity contribution in [2.45, 2.75) is 33.2 Å². The first-order valence-electron chi connectivity index (χ1n) is 8.73. The van der Waals surface area contributed by atoms with Crippen LogP contribution in [0.2, 0.25) is 0 Å². The first kappa shape index (κ1) is 19.2. The van der Waals surface area contributed by atoms with Gasteiger partial charge in [0.2, 0.25) is 0 Å². The zero-order chi connectivity index (χ0) is 18.1. The highest BCUT2D eigenvalue weighted by Gasteiger charge is 2.07. The summed E-state index contributed by atoms with van der Waals surface area (Å²) in [5.74, 6) is 1.80. The van der Waals surface area contributed by atoms with Crippen molar-refractivity contribution >= 4 is 17.3 Å². The number of aryl methyl sites for hydroxylation is 1. The van der Waals surface area contributed by atoms with E-state index in [1.54, 1.807) is 11.3 Å². The molecule has 1 aromatic carbocycles. The van der Waals surface area contributed by atoms with E-state index in [1.807, 2.05) is 39.3 Å². The average molecular weight is 361 g/mol. The van der Waals surface area contributed by atoms with Crippen LogP contribution < -0.4 is 10.1 Å². The lowest BCUT2D eigenvalue weighted by Gasteiger charge is -2.22. The van der Waals surface area contributed by atoms with Gasteiger partial charge in [0.05, 0.1) is 11.6 Å². The molecule has 2 aromatic rings. The fourth-order valence-corrected chi connectivity index (χ4v) is 3.36. The molecule has 0 aliphatic carbocycles. The second-order valence-electron chi connectivity index (χ2n) is 5.73. The van der Waals surface area contributed by atoms with Crippen molar-refractivity contribution in [3.05, 3.63) is 45.9 Å². The van der Waals surface area contributed by atoms with Crippen molar-refractivity contribution in [3.8, 4) is 5.75 Å². The predicted octanol–water partition coefficient (Wildman–Crippen LogP) is 3.35. The highest BCUT2D eigenvalue weighted by molar-refractivity contribution is 7.11. The number of hydrogen-bond acceptors (Lipinski definition) is 4. The number of thiazole rings is 1. The number of rotatable bonds is 8. The van der Waals surface area contributed by atoms with Crippen molar-refractivity contribution < 1.29 is 4.74 Å². The highest BCUT2D eigenvalue weighted by atomic mass is 32.1. The van der Waals surface area contributed by atoms with Gasteiger partial charge in [-0.3, -0.25) is 4.99 Å². The first-order valence-corrected chi connectivity index (χ1v) is 9.55. The lowest BCUT2D eigenvalue weighted by molar-refractivity contribution is 0.340. The molecule has 0 bridgehead atoms. The van der Waals surface area contributed by atoms with Gasteiger partial charge in [0.15, 0.2) is 5.96 Å². The summed E-state index contributed by atoms with van der Waals surface area (Å²) in [7, 11) is 3.86. The Morgan fingerprint density at radius 3 is 2.64 bits per heavy atom. The standard InChI is InChI=1S/C19H28N4OS/c1-5-17-13-22-18(25-17)11-12-21-19(20-3)23(4)14-15-7-9-16(10-8-15)24-6-2/h7-10,13H,5-6,11-12,14H2,1-4H3,(H,20,21). The molecule has 0 atom stereocenters. The van der Waals surface area contributed by atoms with Gasteiger partial charge in [-0.15, -0.1) is 11.3 Å². The van der Waals surface area contributed by atoms with Crippen LogP contribution in [0.15, 0.2) is 35.5 Å². The fraction of sp³-hybridized carbons (Fsp3) is 0.474. The van der Waals surface area contributed by atoms with Gasteiger partial charge in [0, 0.05) is 44.7 Å². The number of nitrogens with zero attached hydrogens (tertiary/aromatic N) is 3. The molecule has 0 aliphatic heterocycles. The van der Waals surface area contributed by atoms with Gasteiger partial charge in [-0.1, -0.05) is 19.1 Å². The Balaban J connectivity index is 1.82. The first-order chi connectivity index (χ1) is 12.2. The molecule has 5 nitrogen and oxygen atoms in total. The molecule has 0 spiro atoms. The normalized spacial score (nSPS) is 11.4. The van der Waals surface area contributed by atoms with E-state index in [0.717, 1.165) is 37.6 Å². The van der Waals surface area contributed by atoms with E-state index in [0.29, 0.717) is 6.61 Å². The Morgan fingerprint density at radius 2 is 2.04 bits per heavy atom. The van der Waals surface area contributed by atoms with Crippen LogP contribution in [0.1, 0.15) is 29.3 Å². The summed E-state index contributed by atoms with van der Waals surface area (Å²) in [6.07, 6.45) is 3.95. The summed E-state index contributed by atoms with van der Waals surface area (Å²) in [6.45, 7) is 6.47. The summed E-state index contributed by atoms with van der Waals surface area (Å²) < 4.78 is 5.48. The van der Waals surface area contributed by atoms with E-state index in [-0.39, 0.29) is 0 Å². The molecule has 0 radical (unpaired) electrons. The smallest absolute Gasteiger partial charge is 0.193 e. The Kier molecular flexibility index (Phi) is 7.73. The molecule has 1 N–H and O–H groups in total.